The molecule has 0 fully saturated rings. The van der Waals surface area contributed by atoms with Crippen LogP contribution in [-0.4, -0.2) is 30.5 Å². The third kappa shape index (κ3) is 3.45. The molecule has 3 rings (SSSR count). The van der Waals surface area contributed by atoms with Crippen LogP contribution in [0.25, 0.3) is 21.7 Å². The lowest BCUT2D eigenvalue weighted by molar-refractivity contribution is -0.115. The van der Waals surface area contributed by atoms with Crippen molar-refractivity contribution in [3.8, 4) is 0 Å². The zero-order valence-corrected chi connectivity index (χ0v) is 13.3. The fraction of sp³-hybridized carbons (Fsp3) is 0.222. The summed E-state index contributed by atoms with van der Waals surface area (Å²) in [5.74, 6) is -0.111. The Morgan fingerprint density at radius 1 is 1.08 bits per heavy atom. The molecule has 3 aromatic rings. The number of carbonyl (C=O) groups is 1. The maximum Gasteiger partial charge on any atom is 0.256 e. The van der Waals surface area contributed by atoms with Crippen LogP contribution in [0.1, 0.15) is 6.42 Å². The van der Waals surface area contributed by atoms with Crippen molar-refractivity contribution in [1.82, 2.24) is 10.3 Å². The van der Waals surface area contributed by atoms with Gasteiger partial charge in [-0.3, -0.25) is 9.59 Å². The van der Waals surface area contributed by atoms with Crippen molar-refractivity contribution < 1.29 is 4.79 Å². The van der Waals surface area contributed by atoms with Crippen LogP contribution in [0.15, 0.2) is 47.3 Å². The van der Waals surface area contributed by atoms with E-state index in [4.69, 9.17) is 5.73 Å². The molecule has 0 spiro atoms. The number of aromatic nitrogens is 1. The number of nitrogens with two attached hydrogens (primary N) is 1. The summed E-state index contributed by atoms with van der Waals surface area (Å²) >= 11 is 0. The molecule has 0 aliphatic heterocycles. The number of rotatable bonds is 6. The van der Waals surface area contributed by atoms with Crippen molar-refractivity contribution in [3.63, 3.8) is 0 Å². The van der Waals surface area contributed by atoms with Crippen molar-refractivity contribution in [1.29, 1.82) is 0 Å². The number of pyridine rings is 1. The van der Waals surface area contributed by atoms with E-state index < -0.39 is 0 Å². The van der Waals surface area contributed by atoms with Crippen LogP contribution in [0.2, 0.25) is 0 Å². The van der Waals surface area contributed by atoms with Gasteiger partial charge in [-0.05, 0) is 49.2 Å². The predicted molar refractivity (Wildman–Crippen MR) is 97.2 cm³/mol. The molecule has 0 radical (unpaired) electrons. The fourth-order valence-electron chi connectivity index (χ4n) is 2.69. The Morgan fingerprint density at radius 3 is 2.67 bits per heavy atom. The summed E-state index contributed by atoms with van der Waals surface area (Å²) in [5.41, 5.74) is 6.75. The van der Waals surface area contributed by atoms with Crippen LogP contribution in [-0.2, 0) is 4.79 Å². The fourth-order valence-corrected chi connectivity index (χ4v) is 2.69. The van der Waals surface area contributed by atoms with E-state index >= 15 is 0 Å². The monoisotopic (exact) mass is 324 g/mol. The summed E-state index contributed by atoms with van der Waals surface area (Å²) < 4.78 is 0. The van der Waals surface area contributed by atoms with Gasteiger partial charge in [-0.25, -0.2) is 0 Å². The number of H-pyrrole nitrogens is 1. The second-order valence-corrected chi connectivity index (χ2v) is 5.63. The van der Waals surface area contributed by atoms with E-state index in [1.165, 1.54) is 0 Å². The molecule has 24 heavy (non-hydrogen) atoms. The van der Waals surface area contributed by atoms with E-state index in [1.807, 2.05) is 24.3 Å². The molecule has 0 unspecified atom stereocenters. The van der Waals surface area contributed by atoms with E-state index in [0.29, 0.717) is 24.2 Å². The molecule has 5 N–H and O–H groups in total. The van der Waals surface area contributed by atoms with Crippen molar-refractivity contribution in [2.45, 2.75) is 6.42 Å². The molecule has 0 atom stereocenters. The normalized spacial score (nSPS) is 11.0. The molecule has 2 aromatic carbocycles. The average molecular weight is 324 g/mol. The maximum atomic E-state index is 12.1. The molecule has 0 bridgehead atoms. The largest absolute Gasteiger partial charge is 0.330 e. The van der Waals surface area contributed by atoms with Gasteiger partial charge in [-0.15, -0.1) is 0 Å². The van der Waals surface area contributed by atoms with Crippen molar-refractivity contribution >= 4 is 33.3 Å². The molecule has 124 valence electrons. The summed E-state index contributed by atoms with van der Waals surface area (Å²) in [6.45, 7) is 1.56. The standard InChI is InChI=1S/C18H20N4O2/c19-8-3-9-20-11-17(23)21-12-6-7-16-15(10-12)13-4-1-2-5-14(13)18(24)22-16/h1-2,4-7,10,20H,3,8-9,11,19H2,(H,21,23)(H,22,24). The zero-order valence-electron chi connectivity index (χ0n) is 13.3. The summed E-state index contributed by atoms with van der Waals surface area (Å²) in [6, 6.07) is 12.9. The van der Waals surface area contributed by atoms with Gasteiger partial charge in [0, 0.05) is 22.0 Å². The van der Waals surface area contributed by atoms with Gasteiger partial charge in [-0.2, -0.15) is 0 Å². The number of benzene rings is 2. The molecular weight excluding hydrogens is 304 g/mol. The number of hydrogen-bond donors (Lipinski definition) is 4. The Labute approximate surface area is 139 Å². The highest BCUT2D eigenvalue weighted by atomic mass is 16.2. The van der Waals surface area contributed by atoms with Crippen LogP contribution >= 0.6 is 0 Å². The Balaban J connectivity index is 1.86. The third-order valence-corrected chi connectivity index (χ3v) is 3.86. The van der Waals surface area contributed by atoms with Crippen molar-refractivity contribution in [2.75, 3.05) is 25.0 Å². The molecule has 0 saturated heterocycles. The molecule has 1 aromatic heterocycles. The van der Waals surface area contributed by atoms with E-state index in [0.717, 1.165) is 22.7 Å². The van der Waals surface area contributed by atoms with Crippen LogP contribution in [0.4, 0.5) is 5.69 Å². The highest BCUT2D eigenvalue weighted by molar-refractivity contribution is 6.07. The van der Waals surface area contributed by atoms with Gasteiger partial charge in [0.15, 0.2) is 0 Å². The minimum Gasteiger partial charge on any atom is -0.330 e. The molecule has 0 aliphatic carbocycles. The van der Waals surface area contributed by atoms with E-state index in [9.17, 15) is 9.59 Å². The van der Waals surface area contributed by atoms with Gasteiger partial charge in [0.1, 0.15) is 0 Å². The lowest BCUT2D eigenvalue weighted by atomic mass is 10.1. The number of hydrogen-bond acceptors (Lipinski definition) is 4. The maximum absolute atomic E-state index is 12.1. The van der Waals surface area contributed by atoms with E-state index in [2.05, 4.69) is 15.6 Å². The van der Waals surface area contributed by atoms with E-state index in [1.54, 1.807) is 18.2 Å². The first-order valence-corrected chi connectivity index (χ1v) is 7.94. The Bertz CT molecular complexity index is 933. The van der Waals surface area contributed by atoms with Crippen LogP contribution < -0.4 is 21.9 Å². The lowest BCUT2D eigenvalue weighted by Crippen LogP contribution is -2.29. The number of anilines is 1. The molecule has 1 heterocycles. The van der Waals surface area contributed by atoms with Crippen LogP contribution in [0, 0.1) is 0 Å². The molecule has 6 heteroatoms. The second kappa shape index (κ2) is 7.25. The van der Waals surface area contributed by atoms with Gasteiger partial charge in [0.05, 0.1) is 6.54 Å². The van der Waals surface area contributed by atoms with Crippen molar-refractivity contribution in [3.05, 3.63) is 52.8 Å². The second-order valence-electron chi connectivity index (χ2n) is 5.63. The molecular formula is C18H20N4O2. The van der Waals surface area contributed by atoms with Gasteiger partial charge < -0.3 is 21.4 Å². The minimum atomic E-state index is -0.112. The molecule has 0 aliphatic rings. The van der Waals surface area contributed by atoms with E-state index in [-0.39, 0.29) is 18.0 Å². The molecule has 6 nitrogen and oxygen atoms in total. The quantitative estimate of drug-likeness (QED) is 0.408. The van der Waals surface area contributed by atoms with Gasteiger partial charge in [-0.1, -0.05) is 18.2 Å². The first kappa shape index (κ1) is 16.2. The molecule has 1 amide bonds. The topological polar surface area (TPSA) is 100 Å². The highest BCUT2D eigenvalue weighted by Gasteiger charge is 2.07. The summed E-state index contributed by atoms with van der Waals surface area (Å²) in [7, 11) is 0. The van der Waals surface area contributed by atoms with Crippen LogP contribution in [0.5, 0.6) is 0 Å². The van der Waals surface area contributed by atoms with Crippen molar-refractivity contribution in [2.24, 2.45) is 5.73 Å². The van der Waals surface area contributed by atoms with Crippen LogP contribution in [0.3, 0.4) is 0 Å². The Hall–Kier alpha value is -2.70. The number of nitrogens with one attached hydrogen (secondary N) is 3. The minimum absolute atomic E-state index is 0.111. The van der Waals surface area contributed by atoms with Gasteiger partial charge in [0.25, 0.3) is 5.56 Å². The SMILES string of the molecule is NCCCNCC(=O)Nc1ccc2[nH]c(=O)c3ccccc3c2c1. The smallest absolute Gasteiger partial charge is 0.256 e. The highest BCUT2D eigenvalue weighted by Crippen LogP contribution is 2.24. The van der Waals surface area contributed by atoms with Gasteiger partial charge >= 0.3 is 0 Å². The predicted octanol–water partition coefficient (Wildman–Crippen LogP) is 1.56. The first-order valence-electron chi connectivity index (χ1n) is 7.94. The zero-order chi connectivity index (χ0) is 16.9. The number of aromatic amines is 1. The number of amides is 1. The average Bonchev–Trinajstić information content (AvgIpc) is 2.60. The first-order chi connectivity index (χ1) is 11.7. The van der Waals surface area contributed by atoms with Gasteiger partial charge in [0.2, 0.25) is 5.91 Å². The number of carbonyl (C=O) groups excluding carboxylic acids is 1. The Kier molecular flexibility index (Phi) is 4.88. The molecule has 0 saturated carbocycles. The number of fused-ring (bicyclic) bond motifs is 3. The Morgan fingerprint density at radius 2 is 1.88 bits per heavy atom. The summed E-state index contributed by atoms with van der Waals surface area (Å²) in [6.07, 6.45) is 0.836. The summed E-state index contributed by atoms with van der Waals surface area (Å²) in [5, 5.41) is 8.31. The summed E-state index contributed by atoms with van der Waals surface area (Å²) in [4.78, 5) is 26.9. The lowest BCUT2D eigenvalue weighted by Gasteiger charge is -2.09. The third-order valence-electron chi connectivity index (χ3n) is 3.86.